The molecule has 2 aliphatic heterocycles. The standard InChI is InChI=1S/C14H23NO5/c1-14(2,3)20-13(18)15-7-8-5-10(15)9(8)6-11(19-4)12(16)17/h8-11H,5-7H2,1-4H3,(H,16,17)/t8-,9?,10-,11?/m0/s1. The number of ether oxygens (including phenoxy) is 2. The zero-order valence-electron chi connectivity index (χ0n) is 12.5. The lowest BCUT2D eigenvalue weighted by atomic mass is 9.71. The maximum absolute atomic E-state index is 12.1. The van der Waals surface area contributed by atoms with E-state index in [4.69, 9.17) is 14.6 Å². The molecule has 6 heteroatoms. The number of carbonyl (C=O) groups is 2. The summed E-state index contributed by atoms with van der Waals surface area (Å²) >= 11 is 0. The number of rotatable bonds is 4. The summed E-state index contributed by atoms with van der Waals surface area (Å²) in [7, 11) is 1.41. The quantitative estimate of drug-likeness (QED) is 0.851. The summed E-state index contributed by atoms with van der Waals surface area (Å²) in [6.07, 6.45) is 0.320. The molecule has 1 aliphatic carbocycles. The summed E-state index contributed by atoms with van der Waals surface area (Å²) in [5.41, 5.74) is -0.504. The largest absolute Gasteiger partial charge is 0.479 e. The lowest BCUT2D eigenvalue weighted by Crippen LogP contribution is -2.45. The van der Waals surface area contributed by atoms with Gasteiger partial charge in [-0.1, -0.05) is 0 Å². The molecule has 0 aromatic rings. The SMILES string of the molecule is COC(CC1[C@H]2C[C@@H]1N(C(=O)OC(C)(C)C)C2)C(=O)O. The van der Waals surface area contributed by atoms with Crippen LogP contribution in [0, 0.1) is 11.8 Å². The third-order valence-electron chi connectivity index (χ3n) is 4.15. The van der Waals surface area contributed by atoms with E-state index in [2.05, 4.69) is 0 Å². The van der Waals surface area contributed by atoms with Crippen molar-refractivity contribution < 1.29 is 24.2 Å². The summed E-state index contributed by atoms with van der Waals surface area (Å²) < 4.78 is 10.4. The van der Waals surface area contributed by atoms with Gasteiger partial charge in [0, 0.05) is 19.7 Å². The van der Waals surface area contributed by atoms with Crippen molar-refractivity contribution in [3.05, 3.63) is 0 Å². The normalized spacial score (nSPS) is 29.8. The molecule has 0 aromatic heterocycles. The molecule has 114 valence electrons. The number of hydrogen-bond donors (Lipinski definition) is 1. The van der Waals surface area contributed by atoms with Crippen LogP contribution in [0.2, 0.25) is 0 Å². The fraction of sp³-hybridized carbons (Fsp3) is 0.857. The van der Waals surface area contributed by atoms with E-state index in [9.17, 15) is 9.59 Å². The first kappa shape index (κ1) is 15.1. The molecule has 3 aliphatic rings. The van der Waals surface area contributed by atoms with Crippen LogP contribution >= 0.6 is 0 Å². The topological polar surface area (TPSA) is 76.1 Å². The Kier molecular flexibility index (Phi) is 3.95. The predicted octanol–water partition coefficient (Wildman–Crippen LogP) is 1.73. The van der Waals surface area contributed by atoms with Gasteiger partial charge in [-0.2, -0.15) is 0 Å². The number of nitrogens with zero attached hydrogens (tertiary/aromatic N) is 1. The molecule has 2 saturated heterocycles. The van der Waals surface area contributed by atoms with Crippen LogP contribution in [0.4, 0.5) is 4.79 Å². The Bertz CT molecular complexity index is 403. The number of carboxylic acid groups (broad SMARTS) is 1. The number of fused-ring (bicyclic) bond motifs is 1. The van der Waals surface area contributed by atoms with Gasteiger partial charge in [-0.3, -0.25) is 0 Å². The van der Waals surface area contributed by atoms with Gasteiger partial charge in [0.1, 0.15) is 5.60 Å². The molecule has 0 radical (unpaired) electrons. The smallest absolute Gasteiger partial charge is 0.410 e. The van der Waals surface area contributed by atoms with Gasteiger partial charge in [0.05, 0.1) is 0 Å². The Hall–Kier alpha value is -1.30. The minimum Gasteiger partial charge on any atom is -0.479 e. The van der Waals surface area contributed by atoms with Crippen molar-refractivity contribution in [3.63, 3.8) is 0 Å². The molecule has 3 rings (SSSR count). The van der Waals surface area contributed by atoms with Gasteiger partial charge in [-0.05, 0) is 45.4 Å². The molecule has 2 heterocycles. The average molecular weight is 285 g/mol. The van der Waals surface area contributed by atoms with Gasteiger partial charge < -0.3 is 19.5 Å². The van der Waals surface area contributed by atoms with Crippen molar-refractivity contribution in [2.75, 3.05) is 13.7 Å². The maximum atomic E-state index is 12.1. The molecule has 1 N–H and O–H groups in total. The molecule has 0 spiro atoms. The first-order chi connectivity index (χ1) is 9.23. The highest BCUT2D eigenvalue weighted by Crippen LogP contribution is 2.49. The zero-order chi connectivity index (χ0) is 15.1. The highest BCUT2D eigenvalue weighted by molar-refractivity contribution is 5.72. The van der Waals surface area contributed by atoms with Crippen LogP contribution in [0.15, 0.2) is 0 Å². The highest BCUT2D eigenvalue weighted by Gasteiger charge is 2.55. The van der Waals surface area contributed by atoms with Crippen molar-refractivity contribution >= 4 is 12.1 Å². The number of amides is 1. The number of aliphatic carboxylic acids is 1. The molecule has 2 bridgehead atoms. The Balaban J connectivity index is 1.93. The fourth-order valence-electron chi connectivity index (χ4n) is 3.16. The third kappa shape index (κ3) is 2.90. The van der Waals surface area contributed by atoms with E-state index in [1.807, 2.05) is 20.8 Å². The Labute approximate surface area is 119 Å². The van der Waals surface area contributed by atoms with E-state index < -0.39 is 17.7 Å². The zero-order valence-corrected chi connectivity index (χ0v) is 12.5. The van der Waals surface area contributed by atoms with Crippen LogP contribution in [0.3, 0.4) is 0 Å². The summed E-state index contributed by atoms with van der Waals surface area (Å²) in [5, 5.41) is 9.03. The number of hydrogen-bond acceptors (Lipinski definition) is 4. The maximum Gasteiger partial charge on any atom is 0.410 e. The van der Waals surface area contributed by atoms with E-state index in [-0.39, 0.29) is 18.1 Å². The molecule has 6 nitrogen and oxygen atoms in total. The van der Waals surface area contributed by atoms with Gasteiger partial charge >= 0.3 is 12.1 Å². The molecular formula is C14H23NO5. The summed E-state index contributed by atoms with van der Waals surface area (Å²) in [5.74, 6) is -0.351. The van der Waals surface area contributed by atoms with Gasteiger partial charge in [0.15, 0.2) is 6.10 Å². The monoisotopic (exact) mass is 285 g/mol. The van der Waals surface area contributed by atoms with Crippen molar-refractivity contribution in [2.24, 2.45) is 11.8 Å². The van der Waals surface area contributed by atoms with Crippen LogP contribution in [0.1, 0.15) is 33.6 Å². The first-order valence-corrected chi connectivity index (χ1v) is 6.98. The van der Waals surface area contributed by atoms with Gasteiger partial charge in [-0.25, -0.2) is 9.59 Å². The second-order valence-corrected chi connectivity index (χ2v) is 6.66. The van der Waals surface area contributed by atoms with E-state index in [1.54, 1.807) is 4.90 Å². The van der Waals surface area contributed by atoms with Crippen molar-refractivity contribution in [1.82, 2.24) is 4.90 Å². The summed E-state index contributed by atoms with van der Waals surface area (Å²) in [6.45, 7) is 6.19. The van der Waals surface area contributed by atoms with Crippen LogP contribution in [-0.4, -0.2) is 53.5 Å². The van der Waals surface area contributed by atoms with E-state index in [1.165, 1.54) is 7.11 Å². The molecular weight excluding hydrogens is 262 g/mol. The Morgan fingerprint density at radius 3 is 2.55 bits per heavy atom. The van der Waals surface area contributed by atoms with Crippen LogP contribution in [0.5, 0.6) is 0 Å². The number of carbonyl (C=O) groups excluding carboxylic acids is 1. The lowest BCUT2D eigenvalue weighted by molar-refractivity contribution is -0.150. The minimum absolute atomic E-state index is 0.104. The molecule has 0 aromatic carbocycles. The van der Waals surface area contributed by atoms with Gasteiger partial charge in [0.25, 0.3) is 0 Å². The van der Waals surface area contributed by atoms with E-state index in [0.717, 1.165) is 6.42 Å². The number of carboxylic acids is 1. The second kappa shape index (κ2) is 5.24. The van der Waals surface area contributed by atoms with Crippen molar-refractivity contribution in [1.29, 1.82) is 0 Å². The lowest BCUT2D eigenvalue weighted by Gasteiger charge is -2.37. The van der Waals surface area contributed by atoms with Crippen molar-refractivity contribution in [2.45, 2.75) is 51.4 Å². The number of methoxy groups -OCH3 is 1. The second-order valence-electron chi connectivity index (χ2n) is 6.66. The summed E-state index contributed by atoms with van der Waals surface area (Å²) in [6, 6.07) is 0.104. The van der Waals surface area contributed by atoms with Gasteiger partial charge in [-0.15, -0.1) is 0 Å². The molecule has 3 fully saturated rings. The van der Waals surface area contributed by atoms with Crippen LogP contribution < -0.4 is 0 Å². The molecule has 1 amide bonds. The first-order valence-electron chi connectivity index (χ1n) is 6.98. The highest BCUT2D eigenvalue weighted by atomic mass is 16.6. The Morgan fingerprint density at radius 1 is 1.40 bits per heavy atom. The van der Waals surface area contributed by atoms with Crippen LogP contribution in [0.25, 0.3) is 0 Å². The van der Waals surface area contributed by atoms with Gasteiger partial charge in [0.2, 0.25) is 0 Å². The van der Waals surface area contributed by atoms with E-state index >= 15 is 0 Å². The molecule has 2 unspecified atom stereocenters. The predicted molar refractivity (Wildman–Crippen MR) is 71.4 cm³/mol. The fourth-order valence-corrected chi connectivity index (χ4v) is 3.16. The Morgan fingerprint density at radius 2 is 2.05 bits per heavy atom. The van der Waals surface area contributed by atoms with Crippen LogP contribution in [-0.2, 0) is 14.3 Å². The molecule has 1 saturated carbocycles. The summed E-state index contributed by atoms with van der Waals surface area (Å²) in [4.78, 5) is 24.8. The third-order valence-corrected chi connectivity index (χ3v) is 4.15. The average Bonchev–Trinajstić information content (AvgIpc) is 2.84. The minimum atomic E-state index is -0.942. The molecule has 4 atom stereocenters. The van der Waals surface area contributed by atoms with Crippen molar-refractivity contribution in [3.8, 4) is 0 Å². The molecule has 20 heavy (non-hydrogen) atoms. The van der Waals surface area contributed by atoms with E-state index in [0.29, 0.717) is 18.9 Å².